The maximum Gasteiger partial charge on any atom is 0.257 e. The molecule has 0 aliphatic rings. The molecular weight excluding hydrogens is 340 g/mol. The van der Waals surface area contributed by atoms with Gasteiger partial charge in [0.1, 0.15) is 0 Å². The van der Waals surface area contributed by atoms with Crippen molar-refractivity contribution in [2.75, 3.05) is 5.32 Å². The second-order valence-electron chi connectivity index (χ2n) is 6.28. The molecule has 3 aromatic rings. The molecule has 3 rings (SSSR count). The van der Waals surface area contributed by atoms with Gasteiger partial charge in [-0.15, -0.1) is 0 Å². The number of benzene rings is 1. The average molecular weight is 360 g/mol. The number of pyridine rings is 2. The van der Waals surface area contributed by atoms with Crippen LogP contribution in [0, 0.1) is 13.8 Å². The molecule has 0 aliphatic carbocycles. The number of amides is 2. The summed E-state index contributed by atoms with van der Waals surface area (Å²) in [6.45, 7) is 4.24. The number of carbonyl (C=O) groups excluding carboxylic acids is 2. The molecule has 0 unspecified atom stereocenters. The Morgan fingerprint density at radius 2 is 1.70 bits per heavy atom. The van der Waals surface area contributed by atoms with Crippen molar-refractivity contribution in [3.63, 3.8) is 0 Å². The first-order chi connectivity index (χ1) is 13.0. The third kappa shape index (κ3) is 4.76. The molecule has 0 spiro atoms. The maximum absolute atomic E-state index is 12.5. The Hall–Kier alpha value is -3.54. The molecule has 2 aromatic heterocycles. The molecule has 1 aromatic carbocycles. The van der Waals surface area contributed by atoms with E-state index in [2.05, 4.69) is 20.6 Å². The summed E-state index contributed by atoms with van der Waals surface area (Å²) in [6, 6.07) is 11.1. The number of nitrogens with zero attached hydrogens (tertiary/aromatic N) is 2. The lowest BCUT2D eigenvalue weighted by atomic mass is 10.1. The third-order valence-corrected chi connectivity index (χ3v) is 4.08. The second kappa shape index (κ2) is 8.23. The summed E-state index contributed by atoms with van der Waals surface area (Å²) in [5.74, 6) is -0.606. The van der Waals surface area contributed by atoms with Crippen LogP contribution in [0.25, 0.3) is 0 Å². The summed E-state index contributed by atoms with van der Waals surface area (Å²) in [6.07, 6.45) is 6.24. The lowest BCUT2D eigenvalue weighted by Gasteiger charge is -2.10. The van der Waals surface area contributed by atoms with E-state index < -0.39 is 0 Å². The average Bonchev–Trinajstić information content (AvgIpc) is 2.69. The normalized spacial score (nSPS) is 10.3. The quantitative estimate of drug-likeness (QED) is 0.731. The third-order valence-electron chi connectivity index (χ3n) is 4.08. The van der Waals surface area contributed by atoms with Gasteiger partial charge in [-0.3, -0.25) is 19.6 Å². The minimum atomic E-state index is -0.307. The predicted octanol–water partition coefficient (Wildman–Crippen LogP) is 3.28. The van der Waals surface area contributed by atoms with Crippen LogP contribution in [0.3, 0.4) is 0 Å². The summed E-state index contributed by atoms with van der Waals surface area (Å²) in [5.41, 5.74) is 4.30. The number of hydrogen-bond donors (Lipinski definition) is 2. The van der Waals surface area contributed by atoms with E-state index in [1.165, 1.54) is 18.5 Å². The molecule has 136 valence electrons. The highest BCUT2D eigenvalue weighted by molar-refractivity contribution is 6.06. The molecule has 6 heteroatoms. The summed E-state index contributed by atoms with van der Waals surface area (Å²) in [7, 11) is 0. The fraction of sp³-hybridized carbons (Fsp3) is 0.143. The van der Waals surface area contributed by atoms with E-state index in [4.69, 9.17) is 0 Å². The fourth-order valence-electron chi connectivity index (χ4n) is 2.54. The molecule has 0 radical (unpaired) electrons. The van der Waals surface area contributed by atoms with Crippen molar-refractivity contribution in [3.05, 3.63) is 89.0 Å². The topological polar surface area (TPSA) is 84.0 Å². The smallest absolute Gasteiger partial charge is 0.257 e. The van der Waals surface area contributed by atoms with Crippen LogP contribution in [0.4, 0.5) is 5.69 Å². The molecule has 0 atom stereocenters. The standard InChI is InChI=1S/C21H20N4O2/c1-14-5-6-15(2)19(8-14)25-21(27)18-9-17(12-23-13-18)20(26)24-11-16-4-3-7-22-10-16/h3-10,12-13H,11H2,1-2H3,(H,24,26)(H,25,27). The fourth-order valence-corrected chi connectivity index (χ4v) is 2.54. The number of aromatic nitrogens is 2. The van der Waals surface area contributed by atoms with Gasteiger partial charge in [0.2, 0.25) is 0 Å². The van der Waals surface area contributed by atoms with Gasteiger partial charge in [-0.2, -0.15) is 0 Å². The van der Waals surface area contributed by atoms with Crippen LogP contribution in [-0.4, -0.2) is 21.8 Å². The largest absolute Gasteiger partial charge is 0.348 e. The Labute approximate surface area is 157 Å². The Morgan fingerprint density at radius 1 is 0.926 bits per heavy atom. The lowest BCUT2D eigenvalue weighted by molar-refractivity contribution is 0.0950. The van der Waals surface area contributed by atoms with Gasteiger partial charge in [0.05, 0.1) is 11.1 Å². The van der Waals surface area contributed by atoms with Crippen molar-refractivity contribution in [2.45, 2.75) is 20.4 Å². The Bertz CT molecular complexity index is 971. The van der Waals surface area contributed by atoms with Gasteiger partial charge in [-0.05, 0) is 48.7 Å². The molecule has 2 heterocycles. The zero-order valence-electron chi connectivity index (χ0n) is 15.2. The van der Waals surface area contributed by atoms with Crippen molar-refractivity contribution in [2.24, 2.45) is 0 Å². The number of hydrogen-bond acceptors (Lipinski definition) is 4. The van der Waals surface area contributed by atoms with Gasteiger partial charge < -0.3 is 10.6 Å². The van der Waals surface area contributed by atoms with Crippen LogP contribution in [0.1, 0.15) is 37.4 Å². The minimum absolute atomic E-state index is 0.298. The lowest BCUT2D eigenvalue weighted by Crippen LogP contribution is -2.23. The molecular formula is C21H20N4O2. The van der Waals surface area contributed by atoms with E-state index in [9.17, 15) is 9.59 Å². The van der Waals surface area contributed by atoms with Gasteiger partial charge in [0, 0.05) is 37.0 Å². The Morgan fingerprint density at radius 3 is 2.44 bits per heavy atom. The summed E-state index contributed by atoms with van der Waals surface area (Å²) < 4.78 is 0. The second-order valence-corrected chi connectivity index (χ2v) is 6.28. The summed E-state index contributed by atoms with van der Waals surface area (Å²) in [4.78, 5) is 32.9. The molecule has 0 bridgehead atoms. The molecule has 6 nitrogen and oxygen atoms in total. The first-order valence-corrected chi connectivity index (χ1v) is 8.53. The van der Waals surface area contributed by atoms with Gasteiger partial charge in [-0.1, -0.05) is 18.2 Å². The monoisotopic (exact) mass is 360 g/mol. The molecule has 0 saturated carbocycles. The van der Waals surface area contributed by atoms with Crippen LogP contribution >= 0.6 is 0 Å². The van der Waals surface area contributed by atoms with Crippen molar-refractivity contribution in [3.8, 4) is 0 Å². The molecule has 2 N–H and O–H groups in total. The van der Waals surface area contributed by atoms with Crippen molar-refractivity contribution in [1.82, 2.24) is 15.3 Å². The maximum atomic E-state index is 12.5. The van der Waals surface area contributed by atoms with Gasteiger partial charge in [0.15, 0.2) is 0 Å². The molecule has 0 saturated heterocycles. The number of nitrogens with one attached hydrogen (secondary N) is 2. The van der Waals surface area contributed by atoms with Crippen LogP contribution in [0.5, 0.6) is 0 Å². The van der Waals surface area contributed by atoms with Gasteiger partial charge in [-0.25, -0.2) is 0 Å². The highest BCUT2D eigenvalue weighted by Gasteiger charge is 2.12. The van der Waals surface area contributed by atoms with Crippen molar-refractivity contribution < 1.29 is 9.59 Å². The van der Waals surface area contributed by atoms with E-state index in [0.29, 0.717) is 17.7 Å². The van der Waals surface area contributed by atoms with Crippen LogP contribution in [0.2, 0.25) is 0 Å². The molecule has 2 amide bonds. The van der Waals surface area contributed by atoms with Crippen LogP contribution < -0.4 is 10.6 Å². The van der Waals surface area contributed by atoms with Crippen LogP contribution in [-0.2, 0) is 6.54 Å². The van der Waals surface area contributed by atoms with Gasteiger partial charge >= 0.3 is 0 Å². The number of anilines is 1. The van der Waals surface area contributed by atoms with Crippen molar-refractivity contribution >= 4 is 17.5 Å². The molecule has 0 fully saturated rings. The van der Waals surface area contributed by atoms with E-state index in [1.807, 2.05) is 38.1 Å². The van der Waals surface area contributed by atoms with Gasteiger partial charge in [0.25, 0.3) is 11.8 Å². The minimum Gasteiger partial charge on any atom is -0.348 e. The van der Waals surface area contributed by atoms with Crippen molar-refractivity contribution in [1.29, 1.82) is 0 Å². The van der Waals surface area contributed by atoms with E-state index in [0.717, 1.165) is 22.4 Å². The zero-order chi connectivity index (χ0) is 19.2. The highest BCUT2D eigenvalue weighted by Crippen LogP contribution is 2.17. The molecule has 0 aliphatic heterocycles. The first kappa shape index (κ1) is 18.3. The molecule has 27 heavy (non-hydrogen) atoms. The van der Waals surface area contributed by atoms with Crippen LogP contribution in [0.15, 0.2) is 61.2 Å². The Kier molecular flexibility index (Phi) is 5.56. The number of carbonyl (C=O) groups is 2. The van der Waals surface area contributed by atoms with E-state index in [1.54, 1.807) is 18.5 Å². The summed E-state index contributed by atoms with van der Waals surface area (Å²) in [5, 5.41) is 5.67. The number of aryl methyl sites for hydroxylation is 2. The Balaban J connectivity index is 1.69. The summed E-state index contributed by atoms with van der Waals surface area (Å²) >= 11 is 0. The SMILES string of the molecule is Cc1ccc(C)c(NC(=O)c2cncc(C(=O)NCc3cccnc3)c2)c1. The highest BCUT2D eigenvalue weighted by atomic mass is 16.2. The first-order valence-electron chi connectivity index (χ1n) is 8.53. The number of rotatable bonds is 5. The predicted molar refractivity (Wildman–Crippen MR) is 104 cm³/mol. The van der Waals surface area contributed by atoms with E-state index >= 15 is 0 Å². The zero-order valence-corrected chi connectivity index (χ0v) is 15.2. The van der Waals surface area contributed by atoms with E-state index in [-0.39, 0.29) is 11.8 Å².